The lowest BCUT2D eigenvalue weighted by molar-refractivity contribution is 0.616. The van der Waals surface area contributed by atoms with Gasteiger partial charge in [0.05, 0.1) is 6.20 Å². The number of aromatic nitrogens is 3. The van der Waals surface area contributed by atoms with E-state index in [9.17, 15) is 9.18 Å². The SMILES string of the molecule is O=c1ncc(F)c(Nc2ccncc2)[nH]1. The van der Waals surface area contributed by atoms with Crippen molar-refractivity contribution in [3.05, 3.63) is 47.0 Å². The molecule has 6 heteroatoms. The molecule has 2 rings (SSSR count). The average Bonchev–Trinajstić information content (AvgIpc) is 2.25. The van der Waals surface area contributed by atoms with Crippen LogP contribution in [0.25, 0.3) is 0 Å². The molecule has 0 bridgehead atoms. The first-order chi connectivity index (χ1) is 7.25. The van der Waals surface area contributed by atoms with Crippen LogP contribution in [0.3, 0.4) is 0 Å². The Morgan fingerprint density at radius 3 is 2.80 bits per heavy atom. The van der Waals surface area contributed by atoms with Crippen LogP contribution in [-0.2, 0) is 0 Å². The topological polar surface area (TPSA) is 70.7 Å². The van der Waals surface area contributed by atoms with Crippen LogP contribution >= 0.6 is 0 Å². The lowest BCUT2D eigenvalue weighted by Gasteiger charge is -2.05. The molecule has 0 atom stereocenters. The van der Waals surface area contributed by atoms with E-state index in [2.05, 4.69) is 20.3 Å². The summed E-state index contributed by atoms with van der Waals surface area (Å²) in [6.07, 6.45) is 3.97. The minimum absolute atomic E-state index is 0.0128. The Morgan fingerprint density at radius 2 is 2.07 bits per heavy atom. The van der Waals surface area contributed by atoms with Gasteiger partial charge in [0, 0.05) is 18.1 Å². The van der Waals surface area contributed by atoms with Crippen molar-refractivity contribution in [2.24, 2.45) is 0 Å². The summed E-state index contributed by atoms with van der Waals surface area (Å²) in [5.41, 5.74) is 0.0266. The third-order valence-electron chi connectivity index (χ3n) is 1.72. The molecule has 15 heavy (non-hydrogen) atoms. The molecule has 0 aromatic carbocycles. The molecule has 0 fully saturated rings. The Labute approximate surface area is 84.0 Å². The van der Waals surface area contributed by atoms with Crippen molar-refractivity contribution in [2.45, 2.75) is 0 Å². The fraction of sp³-hybridized carbons (Fsp3) is 0. The van der Waals surface area contributed by atoms with Crippen molar-refractivity contribution in [3.8, 4) is 0 Å². The van der Waals surface area contributed by atoms with Gasteiger partial charge in [0.2, 0.25) is 0 Å². The molecule has 2 heterocycles. The molecule has 0 amide bonds. The van der Waals surface area contributed by atoms with Crippen LogP contribution < -0.4 is 11.0 Å². The maximum absolute atomic E-state index is 13.1. The van der Waals surface area contributed by atoms with Gasteiger partial charge in [0.1, 0.15) is 5.82 Å². The first-order valence-corrected chi connectivity index (χ1v) is 4.17. The molecule has 5 nitrogen and oxygen atoms in total. The van der Waals surface area contributed by atoms with Gasteiger partial charge in [-0.2, -0.15) is 4.98 Å². The molecule has 0 saturated heterocycles. The second-order valence-electron chi connectivity index (χ2n) is 2.77. The standard InChI is InChI=1S/C9H7FN4O/c10-7-5-12-9(15)14-8(7)13-6-1-3-11-4-2-6/h1-5H,(H2,11,12,13,14,15). The summed E-state index contributed by atoms with van der Waals surface area (Å²) in [7, 11) is 0. The number of pyridine rings is 1. The lowest BCUT2D eigenvalue weighted by atomic mass is 10.4. The molecule has 2 aromatic rings. The Balaban J connectivity index is 2.32. The number of hydrogen-bond acceptors (Lipinski definition) is 4. The second kappa shape index (κ2) is 3.87. The second-order valence-corrected chi connectivity index (χ2v) is 2.77. The average molecular weight is 206 g/mol. The van der Waals surface area contributed by atoms with Crippen molar-refractivity contribution in [2.75, 3.05) is 5.32 Å². The molecule has 0 aliphatic carbocycles. The van der Waals surface area contributed by atoms with Crippen LogP contribution in [0, 0.1) is 5.82 Å². The third-order valence-corrected chi connectivity index (χ3v) is 1.72. The number of aromatic amines is 1. The highest BCUT2D eigenvalue weighted by atomic mass is 19.1. The van der Waals surface area contributed by atoms with Gasteiger partial charge in [-0.15, -0.1) is 0 Å². The summed E-state index contributed by atoms with van der Waals surface area (Å²) < 4.78 is 13.1. The number of anilines is 2. The maximum Gasteiger partial charge on any atom is 0.346 e. The quantitative estimate of drug-likeness (QED) is 0.770. The summed E-state index contributed by atoms with van der Waals surface area (Å²) in [5.74, 6) is -0.632. The van der Waals surface area contributed by atoms with Crippen LogP contribution in [0.1, 0.15) is 0 Å². The van der Waals surface area contributed by atoms with E-state index < -0.39 is 11.5 Å². The molecule has 0 aliphatic rings. The molecule has 0 spiro atoms. The minimum Gasteiger partial charge on any atom is -0.339 e. The zero-order chi connectivity index (χ0) is 10.7. The zero-order valence-electron chi connectivity index (χ0n) is 7.57. The van der Waals surface area contributed by atoms with E-state index in [1.807, 2.05) is 0 Å². The molecular weight excluding hydrogens is 199 g/mol. The Morgan fingerprint density at radius 1 is 1.33 bits per heavy atom. The molecule has 76 valence electrons. The van der Waals surface area contributed by atoms with E-state index in [1.165, 1.54) is 0 Å². The highest BCUT2D eigenvalue weighted by Crippen LogP contribution is 2.13. The lowest BCUT2D eigenvalue weighted by Crippen LogP contribution is -2.13. The fourth-order valence-electron chi connectivity index (χ4n) is 1.05. The number of nitrogens with zero attached hydrogens (tertiary/aromatic N) is 2. The number of halogens is 1. The van der Waals surface area contributed by atoms with Gasteiger partial charge in [-0.3, -0.25) is 9.97 Å². The number of nitrogens with one attached hydrogen (secondary N) is 2. The van der Waals surface area contributed by atoms with Crippen molar-refractivity contribution in [1.29, 1.82) is 0 Å². The van der Waals surface area contributed by atoms with Crippen molar-refractivity contribution < 1.29 is 4.39 Å². The summed E-state index contributed by atoms with van der Waals surface area (Å²) in [6, 6.07) is 3.30. The molecule has 0 saturated carbocycles. The molecule has 0 aliphatic heterocycles. The van der Waals surface area contributed by atoms with Crippen molar-refractivity contribution in [3.63, 3.8) is 0 Å². The summed E-state index contributed by atoms with van der Waals surface area (Å²) in [4.78, 5) is 20.1. The molecule has 2 N–H and O–H groups in total. The van der Waals surface area contributed by atoms with Crippen molar-refractivity contribution in [1.82, 2.24) is 15.0 Å². The first-order valence-electron chi connectivity index (χ1n) is 4.17. The predicted molar refractivity (Wildman–Crippen MR) is 52.3 cm³/mol. The highest BCUT2D eigenvalue weighted by molar-refractivity contribution is 5.54. The summed E-state index contributed by atoms with van der Waals surface area (Å²) >= 11 is 0. The highest BCUT2D eigenvalue weighted by Gasteiger charge is 2.03. The van der Waals surface area contributed by atoms with Crippen LogP contribution in [0.5, 0.6) is 0 Å². The van der Waals surface area contributed by atoms with Crippen molar-refractivity contribution >= 4 is 11.5 Å². The van der Waals surface area contributed by atoms with Gasteiger partial charge in [0.25, 0.3) is 0 Å². The summed E-state index contributed by atoms with van der Waals surface area (Å²) in [5, 5.41) is 2.70. The third kappa shape index (κ3) is 2.16. The Hall–Kier alpha value is -2.24. The van der Waals surface area contributed by atoms with Gasteiger partial charge in [-0.05, 0) is 12.1 Å². The van der Waals surface area contributed by atoms with E-state index in [1.54, 1.807) is 24.5 Å². The van der Waals surface area contributed by atoms with Gasteiger partial charge in [-0.25, -0.2) is 9.18 Å². The van der Waals surface area contributed by atoms with E-state index in [0.717, 1.165) is 6.20 Å². The number of hydrogen-bond donors (Lipinski definition) is 2. The Kier molecular flexibility index (Phi) is 2.40. The van der Waals surface area contributed by atoms with Gasteiger partial charge in [-0.1, -0.05) is 0 Å². The number of H-pyrrole nitrogens is 1. The minimum atomic E-state index is -0.619. The maximum atomic E-state index is 13.1. The Bertz CT molecular complexity index is 511. The normalized spacial score (nSPS) is 9.93. The van der Waals surface area contributed by atoms with Crippen LogP contribution in [0.15, 0.2) is 35.5 Å². The largest absolute Gasteiger partial charge is 0.346 e. The van der Waals surface area contributed by atoms with Gasteiger partial charge >= 0.3 is 5.69 Å². The molecule has 0 unspecified atom stereocenters. The van der Waals surface area contributed by atoms with Crippen LogP contribution in [-0.4, -0.2) is 15.0 Å². The van der Waals surface area contributed by atoms with E-state index in [-0.39, 0.29) is 5.82 Å². The zero-order valence-corrected chi connectivity index (χ0v) is 7.57. The van der Waals surface area contributed by atoms with E-state index >= 15 is 0 Å². The van der Waals surface area contributed by atoms with Crippen LogP contribution in [0.4, 0.5) is 15.9 Å². The smallest absolute Gasteiger partial charge is 0.339 e. The number of rotatable bonds is 2. The van der Waals surface area contributed by atoms with E-state index in [0.29, 0.717) is 5.69 Å². The molecular formula is C9H7FN4O. The first kappa shape index (κ1) is 9.32. The van der Waals surface area contributed by atoms with E-state index in [4.69, 9.17) is 0 Å². The fourth-order valence-corrected chi connectivity index (χ4v) is 1.05. The summed E-state index contributed by atoms with van der Waals surface area (Å²) in [6.45, 7) is 0. The van der Waals surface area contributed by atoms with Crippen LogP contribution in [0.2, 0.25) is 0 Å². The predicted octanol–water partition coefficient (Wildman–Crippen LogP) is 1.05. The monoisotopic (exact) mass is 206 g/mol. The van der Waals surface area contributed by atoms with Gasteiger partial charge < -0.3 is 5.32 Å². The molecule has 2 aromatic heterocycles. The molecule has 0 radical (unpaired) electrons. The van der Waals surface area contributed by atoms with Gasteiger partial charge in [0.15, 0.2) is 5.82 Å².